The molecule has 1 saturated heterocycles. The first kappa shape index (κ1) is 14.0. The Hall–Kier alpha value is -1.41. The molecule has 3 atom stereocenters. The molecule has 2 bridgehead atoms. The number of ketones is 1. The van der Waals surface area contributed by atoms with Crippen molar-refractivity contribution in [1.29, 1.82) is 0 Å². The van der Waals surface area contributed by atoms with Crippen LogP contribution in [0.1, 0.15) is 48.0 Å². The second kappa shape index (κ2) is 5.04. The Morgan fingerprint density at radius 2 is 1.91 bits per heavy atom. The molecule has 2 fully saturated rings. The van der Waals surface area contributed by atoms with Gasteiger partial charge < -0.3 is 4.90 Å². The molecule has 0 radical (unpaired) electrons. The highest BCUT2D eigenvalue weighted by Gasteiger charge is 2.45. The highest BCUT2D eigenvalue weighted by atomic mass is 16.1. The Bertz CT molecular complexity index is 668. The van der Waals surface area contributed by atoms with E-state index in [0.717, 1.165) is 42.6 Å². The Labute approximate surface area is 138 Å². The molecule has 0 aromatic heterocycles. The summed E-state index contributed by atoms with van der Waals surface area (Å²) in [5, 5.41) is 0. The number of hydrogen-bond acceptors (Lipinski definition) is 2. The summed E-state index contributed by atoms with van der Waals surface area (Å²) < 4.78 is 0. The van der Waals surface area contributed by atoms with Gasteiger partial charge in [0.15, 0.2) is 5.78 Å². The normalized spacial score (nSPS) is 34.4. The molecule has 120 valence electrons. The zero-order chi connectivity index (χ0) is 15.4. The summed E-state index contributed by atoms with van der Waals surface area (Å²) in [5.74, 6) is 2.98. The lowest BCUT2D eigenvalue weighted by atomic mass is 9.73. The van der Waals surface area contributed by atoms with Gasteiger partial charge in [0.1, 0.15) is 0 Å². The highest BCUT2D eigenvalue weighted by Crippen LogP contribution is 2.47. The number of carbonyl (C=O) groups is 1. The third-order valence-electron chi connectivity index (χ3n) is 7.02. The van der Waals surface area contributed by atoms with Crippen molar-refractivity contribution in [3.8, 4) is 0 Å². The van der Waals surface area contributed by atoms with E-state index in [1.165, 1.54) is 38.0 Å². The molecule has 1 heterocycles. The summed E-state index contributed by atoms with van der Waals surface area (Å²) >= 11 is 0. The molecule has 0 N–H and O–H groups in total. The number of piperidine rings is 1. The molecule has 4 aliphatic rings. The maximum Gasteiger partial charge on any atom is 0.164 e. The van der Waals surface area contributed by atoms with Crippen LogP contribution in [0.15, 0.2) is 36.4 Å². The number of hydrogen-bond donors (Lipinski definition) is 0. The molecule has 1 aromatic carbocycles. The van der Waals surface area contributed by atoms with E-state index in [4.69, 9.17) is 0 Å². The van der Waals surface area contributed by atoms with Crippen LogP contribution in [-0.4, -0.2) is 30.3 Å². The minimum Gasteiger partial charge on any atom is -0.303 e. The number of Topliss-reactive ketones (excluding diaryl/α,β-unsaturated/α-hetero) is 1. The molecule has 0 amide bonds. The van der Waals surface area contributed by atoms with Crippen LogP contribution in [0, 0.1) is 17.8 Å². The van der Waals surface area contributed by atoms with E-state index < -0.39 is 0 Å². The van der Waals surface area contributed by atoms with Crippen molar-refractivity contribution in [2.45, 2.75) is 37.5 Å². The number of likely N-dealkylation sites (tertiary alicyclic amines) is 1. The van der Waals surface area contributed by atoms with Gasteiger partial charge in [-0.1, -0.05) is 36.4 Å². The monoisotopic (exact) mass is 307 g/mol. The van der Waals surface area contributed by atoms with Crippen LogP contribution in [0.25, 0.3) is 0 Å². The van der Waals surface area contributed by atoms with Crippen molar-refractivity contribution in [3.05, 3.63) is 47.5 Å². The van der Waals surface area contributed by atoms with Crippen LogP contribution in [0.4, 0.5) is 0 Å². The van der Waals surface area contributed by atoms with Crippen LogP contribution in [0.2, 0.25) is 0 Å². The Morgan fingerprint density at radius 3 is 2.65 bits per heavy atom. The second-order valence-electron chi connectivity index (χ2n) is 8.27. The predicted molar refractivity (Wildman–Crippen MR) is 91.6 cm³/mol. The zero-order valence-corrected chi connectivity index (χ0v) is 13.7. The second-order valence-corrected chi connectivity index (χ2v) is 8.27. The molecule has 1 aliphatic heterocycles. The molecule has 23 heavy (non-hydrogen) atoms. The van der Waals surface area contributed by atoms with Crippen LogP contribution < -0.4 is 0 Å². The van der Waals surface area contributed by atoms with Crippen molar-refractivity contribution in [3.63, 3.8) is 0 Å². The zero-order valence-electron chi connectivity index (χ0n) is 13.7. The van der Waals surface area contributed by atoms with Crippen LogP contribution in [0.3, 0.4) is 0 Å². The molecule has 1 spiro atoms. The topological polar surface area (TPSA) is 20.3 Å². The lowest BCUT2D eigenvalue weighted by Crippen LogP contribution is -2.44. The van der Waals surface area contributed by atoms with Gasteiger partial charge in [-0.2, -0.15) is 0 Å². The van der Waals surface area contributed by atoms with Crippen molar-refractivity contribution in [1.82, 2.24) is 4.90 Å². The predicted octanol–water partition coefficient (Wildman–Crippen LogP) is 3.82. The van der Waals surface area contributed by atoms with Gasteiger partial charge in [0.2, 0.25) is 0 Å². The third kappa shape index (κ3) is 2.15. The van der Waals surface area contributed by atoms with Crippen molar-refractivity contribution in [2.24, 2.45) is 17.8 Å². The minimum atomic E-state index is 0.152. The van der Waals surface area contributed by atoms with Crippen molar-refractivity contribution >= 4 is 5.78 Å². The third-order valence-corrected chi connectivity index (χ3v) is 7.02. The van der Waals surface area contributed by atoms with Gasteiger partial charge in [-0.3, -0.25) is 4.79 Å². The van der Waals surface area contributed by atoms with Gasteiger partial charge >= 0.3 is 0 Å². The van der Waals surface area contributed by atoms with Crippen molar-refractivity contribution in [2.75, 3.05) is 19.6 Å². The summed E-state index contributed by atoms with van der Waals surface area (Å²) in [6.07, 6.45) is 10.8. The summed E-state index contributed by atoms with van der Waals surface area (Å²) in [6.45, 7) is 3.61. The number of allylic oxidation sites excluding steroid dienone is 2. The minimum absolute atomic E-state index is 0.152. The van der Waals surface area contributed by atoms with E-state index in [1.54, 1.807) is 0 Å². The quantitative estimate of drug-likeness (QED) is 0.774. The summed E-state index contributed by atoms with van der Waals surface area (Å²) in [5.41, 5.74) is 2.49. The average molecular weight is 307 g/mol. The van der Waals surface area contributed by atoms with E-state index in [0.29, 0.717) is 5.78 Å². The van der Waals surface area contributed by atoms with Gasteiger partial charge in [0.25, 0.3) is 0 Å². The van der Waals surface area contributed by atoms with E-state index in [2.05, 4.69) is 29.2 Å². The molecule has 2 nitrogen and oxygen atoms in total. The Kier molecular flexibility index (Phi) is 3.06. The smallest absolute Gasteiger partial charge is 0.164 e. The maximum atomic E-state index is 12.4. The lowest BCUT2D eigenvalue weighted by molar-refractivity contribution is 0.0919. The van der Waals surface area contributed by atoms with Gasteiger partial charge in [-0.15, -0.1) is 0 Å². The van der Waals surface area contributed by atoms with Gasteiger partial charge in [-0.25, -0.2) is 0 Å². The van der Waals surface area contributed by atoms with E-state index >= 15 is 0 Å². The number of fused-ring (bicyclic) bond motifs is 4. The fourth-order valence-electron chi connectivity index (χ4n) is 5.73. The molecular weight excluding hydrogens is 282 g/mol. The number of rotatable bonds is 2. The largest absolute Gasteiger partial charge is 0.303 e. The number of benzene rings is 1. The molecular formula is C21H25NO. The molecule has 1 saturated carbocycles. The SMILES string of the molecule is O=C1CC2(CCN(C[C@H]3C[C@H]4C=CC3C4)CC2)c2ccccc21. The van der Waals surface area contributed by atoms with Gasteiger partial charge in [-0.05, 0) is 62.1 Å². The maximum absolute atomic E-state index is 12.4. The summed E-state index contributed by atoms with van der Waals surface area (Å²) in [6, 6.07) is 8.34. The van der Waals surface area contributed by atoms with Crippen LogP contribution in [-0.2, 0) is 5.41 Å². The van der Waals surface area contributed by atoms with E-state index in [-0.39, 0.29) is 5.41 Å². The number of carbonyl (C=O) groups excluding carboxylic acids is 1. The van der Waals surface area contributed by atoms with Gasteiger partial charge in [0, 0.05) is 23.9 Å². The van der Waals surface area contributed by atoms with Crippen LogP contribution >= 0.6 is 0 Å². The molecule has 2 heteroatoms. The molecule has 1 aromatic rings. The fourth-order valence-corrected chi connectivity index (χ4v) is 5.73. The number of nitrogens with zero attached hydrogens (tertiary/aromatic N) is 1. The van der Waals surface area contributed by atoms with E-state index in [9.17, 15) is 4.79 Å². The Morgan fingerprint density at radius 1 is 1.09 bits per heavy atom. The van der Waals surface area contributed by atoms with Crippen LogP contribution in [0.5, 0.6) is 0 Å². The summed E-state index contributed by atoms with van der Waals surface area (Å²) in [7, 11) is 0. The Balaban J connectivity index is 1.28. The standard InChI is InChI=1S/C21H25NO/c23-20-13-21(19-4-2-1-3-18(19)20)7-9-22(10-8-21)14-17-12-15-5-6-16(17)11-15/h1-6,15-17H,7-14H2/t15-,16?,17+/m0/s1. The van der Waals surface area contributed by atoms with E-state index in [1.807, 2.05) is 12.1 Å². The first-order chi connectivity index (χ1) is 11.2. The average Bonchev–Trinajstić information content (AvgIpc) is 3.25. The molecule has 5 rings (SSSR count). The first-order valence-corrected chi connectivity index (χ1v) is 9.27. The fraction of sp³-hybridized carbons (Fsp3) is 0.571. The summed E-state index contributed by atoms with van der Waals surface area (Å²) in [4.78, 5) is 15.0. The first-order valence-electron chi connectivity index (χ1n) is 9.27. The highest BCUT2D eigenvalue weighted by molar-refractivity contribution is 6.02. The molecule has 1 unspecified atom stereocenters. The lowest BCUT2D eigenvalue weighted by Gasteiger charge is -2.41. The molecule has 3 aliphatic carbocycles. The van der Waals surface area contributed by atoms with Gasteiger partial charge in [0.05, 0.1) is 0 Å². The van der Waals surface area contributed by atoms with Crippen molar-refractivity contribution < 1.29 is 4.79 Å².